The molecule has 1 aromatic rings. The summed E-state index contributed by atoms with van der Waals surface area (Å²) in [6.07, 6.45) is -0.560. The first-order valence-electron chi connectivity index (χ1n) is 6.77. The van der Waals surface area contributed by atoms with Crippen LogP contribution in [0.1, 0.15) is 26.3 Å². The second-order valence-electron chi connectivity index (χ2n) is 5.80. The molecule has 0 spiro atoms. The van der Waals surface area contributed by atoms with Crippen molar-refractivity contribution in [1.29, 1.82) is 0 Å². The summed E-state index contributed by atoms with van der Waals surface area (Å²) >= 11 is 0. The van der Waals surface area contributed by atoms with Crippen molar-refractivity contribution in [1.82, 2.24) is 0 Å². The fourth-order valence-electron chi connectivity index (χ4n) is 1.71. The maximum atomic E-state index is 11.9. The van der Waals surface area contributed by atoms with Crippen LogP contribution in [0, 0.1) is 0 Å². The van der Waals surface area contributed by atoms with Crippen molar-refractivity contribution in [3.63, 3.8) is 0 Å². The number of hydrogen-bond donors (Lipinski definition) is 3. The Hall–Kier alpha value is -2.28. The molecule has 0 bridgehead atoms. The zero-order valence-corrected chi connectivity index (χ0v) is 13.2. The molecule has 0 radical (unpaired) electrons. The number of hydrogen-bond acceptors (Lipinski definition) is 5. The van der Waals surface area contributed by atoms with Gasteiger partial charge in [0.05, 0.1) is 12.8 Å². The summed E-state index contributed by atoms with van der Waals surface area (Å²) < 4.78 is 10.3. The van der Waals surface area contributed by atoms with Crippen LogP contribution in [0.4, 0.5) is 10.5 Å². The van der Waals surface area contributed by atoms with E-state index in [1.165, 1.54) is 7.11 Å². The van der Waals surface area contributed by atoms with E-state index in [0.717, 1.165) is 0 Å². The molecule has 1 atom stereocenters. The molecule has 122 valence electrons. The SMILES string of the molecule is COc1ccc(CC(N)C(=O)O)c(NC(=O)OC(C)(C)C)c1. The molecule has 1 rings (SSSR count). The van der Waals surface area contributed by atoms with E-state index in [1.807, 2.05) is 0 Å². The van der Waals surface area contributed by atoms with Gasteiger partial charge in [0.1, 0.15) is 17.4 Å². The Balaban J connectivity index is 2.98. The van der Waals surface area contributed by atoms with E-state index in [0.29, 0.717) is 17.0 Å². The summed E-state index contributed by atoms with van der Waals surface area (Å²) in [4.78, 5) is 22.8. The molecule has 0 saturated heterocycles. The number of rotatable bonds is 5. The Labute approximate surface area is 129 Å². The van der Waals surface area contributed by atoms with Crippen LogP contribution in [0.3, 0.4) is 0 Å². The van der Waals surface area contributed by atoms with Crippen LogP contribution < -0.4 is 15.8 Å². The fourth-order valence-corrected chi connectivity index (χ4v) is 1.71. The number of aliphatic carboxylic acids is 1. The molecule has 22 heavy (non-hydrogen) atoms. The van der Waals surface area contributed by atoms with Gasteiger partial charge in [0.15, 0.2) is 0 Å². The van der Waals surface area contributed by atoms with E-state index in [9.17, 15) is 9.59 Å². The summed E-state index contributed by atoms with van der Waals surface area (Å²) in [7, 11) is 1.50. The molecule has 0 aliphatic heterocycles. The van der Waals surface area contributed by atoms with E-state index in [-0.39, 0.29) is 6.42 Å². The number of carboxylic acids is 1. The van der Waals surface area contributed by atoms with Crippen molar-refractivity contribution < 1.29 is 24.2 Å². The Morgan fingerprint density at radius 1 is 1.36 bits per heavy atom. The van der Waals surface area contributed by atoms with Gasteiger partial charge in [-0.2, -0.15) is 0 Å². The Kier molecular flexibility index (Phi) is 5.76. The lowest BCUT2D eigenvalue weighted by Gasteiger charge is -2.21. The summed E-state index contributed by atoms with van der Waals surface area (Å²) in [5.74, 6) is -0.585. The molecule has 0 fully saturated rings. The molecule has 1 unspecified atom stereocenters. The van der Waals surface area contributed by atoms with E-state index >= 15 is 0 Å². The van der Waals surface area contributed by atoms with E-state index < -0.39 is 23.7 Å². The number of nitrogens with two attached hydrogens (primary N) is 1. The van der Waals surface area contributed by atoms with E-state index in [2.05, 4.69) is 5.32 Å². The van der Waals surface area contributed by atoms with E-state index in [1.54, 1.807) is 39.0 Å². The number of methoxy groups -OCH3 is 1. The number of anilines is 1. The highest BCUT2D eigenvalue weighted by Gasteiger charge is 2.19. The van der Waals surface area contributed by atoms with Gasteiger partial charge in [0, 0.05) is 12.5 Å². The minimum atomic E-state index is -1.11. The van der Waals surface area contributed by atoms with Gasteiger partial charge in [0.2, 0.25) is 0 Å². The van der Waals surface area contributed by atoms with Crippen LogP contribution in [-0.4, -0.2) is 35.9 Å². The van der Waals surface area contributed by atoms with E-state index in [4.69, 9.17) is 20.3 Å². The minimum absolute atomic E-state index is 0.0739. The number of carbonyl (C=O) groups is 2. The first-order valence-corrected chi connectivity index (χ1v) is 6.77. The van der Waals surface area contributed by atoms with Crippen molar-refractivity contribution in [3.8, 4) is 5.75 Å². The normalized spacial score (nSPS) is 12.4. The zero-order chi connectivity index (χ0) is 16.9. The Morgan fingerprint density at radius 3 is 2.50 bits per heavy atom. The maximum absolute atomic E-state index is 11.9. The maximum Gasteiger partial charge on any atom is 0.412 e. The molecular formula is C15H22N2O5. The lowest BCUT2D eigenvalue weighted by molar-refractivity contribution is -0.138. The first-order chi connectivity index (χ1) is 10.1. The third-order valence-corrected chi connectivity index (χ3v) is 2.71. The van der Waals surface area contributed by atoms with Crippen molar-refractivity contribution in [2.45, 2.75) is 38.8 Å². The number of amides is 1. The third-order valence-electron chi connectivity index (χ3n) is 2.71. The van der Waals surface area contributed by atoms with Crippen molar-refractivity contribution in [2.75, 3.05) is 12.4 Å². The highest BCUT2D eigenvalue weighted by Crippen LogP contribution is 2.24. The zero-order valence-electron chi connectivity index (χ0n) is 13.2. The third kappa shape index (κ3) is 5.61. The van der Waals surface area contributed by atoms with Gasteiger partial charge >= 0.3 is 12.1 Å². The van der Waals surface area contributed by atoms with Crippen molar-refractivity contribution in [2.24, 2.45) is 5.73 Å². The molecular weight excluding hydrogens is 288 g/mol. The molecule has 0 aromatic heterocycles. The summed E-state index contributed by atoms with van der Waals surface area (Å²) in [5.41, 5.74) is 5.90. The van der Waals surface area contributed by atoms with Crippen LogP contribution in [0.2, 0.25) is 0 Å². The molecule has 1 aromatic carbocycles. The van der Waals surface area contributed by atoms with Gasteiger partial charge in [-0.3, -0.25) is 10.1 Å². The average molecular weight is 310 g/mol. The number of carboxylic acid groups (broad SMARTS) is 1. The number of benzene rings is 1. The van der Waals surface area contributed by atoms with Gasteiger partial charge in [-0.1, -0.05) is 6.07 Å². The Bertz CT molecular complexity index is 551. The standard InChI is InChI=1S/C15H22N2O5/c1-15(2,3)22-14(20)17-12-8-10(21-4)6-5-9(12)7-11(16)13(18)19/h5-6,8,11H,7,16H2,1-4H3,(H,17,20)(H,18,19). The van der Waals surface area contributed by atoms with Gasteiger partial charge < -0.3 is 20.3 Å². The highest BCUT2D eigenvalue weighted by molar-refractivity contribution is 5.86. The number of nitrogens with one attached hydrogen (secondary N) is 1. The molecule has 0 heterocycles. The van der Waals surface area contributed by atoms with Gasteiger partial charge in [-0.25, -0.2) is 4.79 Å². The second-order valence-corrected chi connectivity index (χ2v) is 5.80. The number of ether oxygens (including phenoxy) is 2. The first kappa shape index (κ1) is 17.8. The van der Waals surface area contributed by atoms with Crippen LogP contribution in [-0.2, 0) is 16.0 Å². The molecule has 0 aliphatic rings. The van der Waals surface area contributed by atoms with Crippen LogP contribution in [0.5, 0.6) is 5.75 Å². The summed E-state index contributed by atoms with van der Waals surface area (Å²) in [6, 6.07) is 3.86. The largest absolute Gasteiger partial charge is 0.497 e. The smallest absolute Gasteiger partial charge is 0.412 e. The van der Waals surface area contributed by atoms with Gasteiger partial charge in [-0.15, -0.1) is 0 Å². The van der Waals surface area contributed by atoms with Crippen molar-refractivity contribution in [3.05, 3.63) is 23.8 Å². The van der Waals surface area contributed by atoms with Crippen LogP contribution >= 0.6 is 0 Å². The molecule has 7 heteroatoms. The highest BCUT2D eigenvalue weighted by atomic mass is 16.6. The predicted octanol–water partition coefficient (Wildman–Crippen LogP) is 2.00. The molecule has 0 saturated carbocycles. The predicted molar refractivity (Wildman–Crippen MR) is 82.2 cm³/mol. The second kappa shape index (κ2) is 7.13. The lowest BCUT2D eigenvalue weighted by atomic mass is 10.0. The fraction of sp³-hybridized carbons (Fsp3) is 0.467. The summed E-state index contributed by atoms with van der Waals surface area (Å²) in [5, 5.41) is 11.5. The summed E-state index contributed by atoms with van der Waals surface area (Å²) in [6.45, 7) is 5.25. The van der Waals surface area contributed by atoms with Crippen molar-refractivity contribution >= 4 is 17.7 Å². The molecule has 7 nitrogen and oxygen atoms in total. The molecule has 0 aliphatic carbocycles. The molecule has 1 amide bonds. The topological polar surface area (TPSA) is 111 Å². The minimum Gasteiger partial charge on any atom is -0.497 e. The monoisotopic (exact) mass is 310 g/mol. The van der Waals surface area contributed by atoms with Gasteiger partial charge in [0.25, 0.3) is 0 Å². The Morgan fingerprint density at radius 2 is 2.00 bits per heavy atom. The van der Waals surface area contributed by atoms with Gasteiger partial charge in [-0.05, 0) is 32.4 Å². The lowest BCUT2D eigenvalue weighted by Crippen LogP contribution is -2.33. The molecule has 4 N–H and O–H groups in total. The average Bonchev–Trinajstić information content (AvgIpc) is 2.38. The number of carbonyl (C=O) groups excluding carboxylic acids is 1. The van der Waals surface area contributed by atoms with Crippen LogP contribution in [0.25, 0.3) is 0 Å². The van der Waals surface area contributed by atoms with Crippen LogP contribution in [0.15, 0.2) is 18.2 Å². The quantitative estimate of drug-likeness (QED) is 0.767.